The fourth-order valence-corrected chi connectivity index (χ4v) is 4.32. The van der Waals surface area contributed by atoms with Crippen molar-refractivity contribution in [3.8, 4) is 11.5 Å². The quantitative estimate of drug-likeness (QED) is 0.254. The summed E-state index contributed by atoms with van der Waals surface area (Å²) in [6, 6.07) is 9.95. The number of carboxylic acid groups (broad SMARTS) is 1. The predicted molar refractivity (Wildman–Crippen MR) is 139 cm³/mol. The molecule has 1 unspecified atom stereocenters. The summed E-state index contributed by atoms with van der Waals surface area (Å²) >= 11 is 1.74. The average molecular weight is 540 g/mol. The van der Waals surface area contributed by atoms with E-state index in [1.165, 1.54) is 11.0 Å². The zero-order chi connectivity index (χ0) is 27.0. The van der Waals surface area contributed by atoms with Crippen LogP contribution < -0.4 is 9.47 Å². The third kappa shape index (κ3) is 11.4. The molecule has 2 rings (SSSR count). The molecule has 0 aromatic heterocycles. The van der Waals surface area contributed by atoms with E-state index >= 15 is 0 Å². The van der Waals surface area contributed by atoms with Gasteiger partial charge in [0, 0.05) is 31.4 Å². The van der Waals surface area contributed by atoms with Gasteiger partial charge in [0.15, 0.2) is 17.7 Å². The Balaban J connectivity index is 1.92. The van der Waals surface area contributed by atoms with Gasteiger partial charge in [-0.3, -0.25) is 0 Å². The molecule has 1 atom stereocenters. The smallest absolute Gasteiger partial charge is 0.415 e. The Morgan fingerprint density at radius 1 is 0.973 bits per heavy atom. The van der Waals surface area contributed by atoms with E-state index in [-0.39, 0.29) is 25.3 Å². The molecule has 0 fully saturated rings. The number of nitrogens with zero attached hydrogens (tertiary/aromatic N) is 1. The zero-order valence-electron chi connectivity index (χ0n) is 21.3. The van der Waals surface area contributed by atoms with Crippen LogP contribution in [0.15, 0.2) is 42.5 Å². The minimum absolute atomic E-state index is 0.0762. The van der Waals surface area contributed by atoms with Gasteiger partial charge in [-0.05, 0) is 48.9 Å². The first kappa shape index (κ1) is 30.4. The summed E-state index contributed by atoms with van der Waals surface area (Å²) in [6.45, 7) is 5.02. The standard InChI is InChI=1S/C27H35F2NO6S/c1-3-5-6-16-37-17-14-30(27(33)36-22-11-12-23(28)24(29)19-22)13-15-35-21-9-7-20(8-10-21)18-25(26(31)32)34-4-2/h7-12,19,25H,3-6,13-18H2,1-2H3,(H,31,32). The number of carboxylic acids is 1. The predicted octanol–water partition coefficient (Wildman–Crippen LogP) is 5.80. The van der Waals surface area contributed by atoms with Crippen LogP contribution in [0, 0.1) is 11.6 Å². The lowest BCUT2D eigenvalue weighted by molar-refractivity contribution is -0.149. The number of hydrogen-bond acceptors (Lipinski definition) is 6. The molecule has 0 aliphatic heterocycles. The Hall–Kier alpha value is -2.85. The molecular formula is C27H35F2NO6S. The van der Waals surface area contributed by atoms with Gasteiger partial charge in [0.2, 0.25) is 0 Å². The summed E-state index contributed by atoms with van der Waals surface area (Å²) in [5.74, 6) is -0.935. The molecule has 1 N–H and O–H groups in total. The lowest BCUT2D eigenvalue weighted by Gasteiger charge is -2.22. The van der Waals surface area contributed by atoms with Gasteiger partial charge < -0.3 is 24.2 Å². The minimum atomic E-state index is -1.09. The van der Waals surface area contributed by atoms with Crippen LogP contribution in [-0.2, 0) is 16.0 Å². The molecule has 37 heavy (non-hydrogen) atoms. The number of ether oxygens (including phenoxy) is 3. The highest BCUT2D eigenvalue weighted by molar-refractivity contribution is 7.99. The third-order valence-electron chi connectivity index (χ3n) is 5.37. The Labute approximate surface area is 221 Å². The fourth-order valence-electron chi connectivity index (χ4n) is 3.36. The summed E-state index contributed by atoms with van der Waals surface area (Å²) < 4.78 is 43.0. The highest BCUT2D eigenvalue weighted by atomic mass is 32.2. The molecule has 2 aromatic rings. The second-order valence-electron chi connectivity index (χ2n) is 8.23. The molecule has 0 heterocycles. The first-order valence-electron chi connectivity index (χ1n) is 12.4. The monoisotopic (exact) mass is 539 g/mol. The molecule has 0 bridgehead atoms. The molecule has 0 aliphatic carbocycles. The number of rotatable bonds is 17. The number of thioether (sulfide) groups is 1. The van der Waals surface area contributed by atoms with Crippen molar-refractivity contribution >= 4 is 23.8 Å². The first-order valence-corrected chi connectivity index (χ1v) is 13.5. The van der Waals surface area contributed by atoms with E-state index in [1.54, 1.807) is 43.0 Å². The first-order chi connectivity index (χ1) is 17.8. The maximum absolute atomic E-state index is 13.5. The maximum Gasteiger partial charge on any atom is 0.415 e. The van der Waals surface area contributed by atoms with Gasteiger partial charge in [-0.25, -0.2) is 18.4 Å². The second-order valence-corrected chi connectivity index (χ2v) is 9.45. The molecule has 1 amide bonds. The Morgan fingerprint density at radius 2 is 1.70 bits per heavy atom. The highest BCUT2D eigenvalue weighted by Crippen LogP contribution is 2.18. The van der Waals surface area contributed by atoms with Crippen LogP contribution in [0.4, 0.5) is 13.6 Å². The van der Waals surface area contributed by atoms with Gasteiger partial charge in [0.25, 0.3) is 0 Å². The van der Waals surface area contributed by atoms with E-state index in [1.807, 2.05) is 0 Å². The summed E-state index contributed by atoms with van der Waals surface area (Å²) in [5.41, 5.74) is 0.796. The zero-order valence-corrected chi connectivity index (χ0v) is 22.1. The fraction of sp³-hybridized carbons (Fsp3) is 0.481. The van der Waals surface area contributed by atoms with Gasteiger partial charge in [-0.2, -0.15) is 11.8 Å². The number of hydrogen-bond donors (Lipinski definition) is 1. The molecule has 0 saturated carbocycles. The van der Waals surface area contributed by atoms with Crippen LogP contribution >= 0.6 is 11.8 Å². The van der Waals surface area contributed by atoms with Crippen LogP contribution in [-0.4, -0.2) is 66.0 Å². The summed E-state index contributed by atoms with van der Waals surface area (Å²) in [6.07, 6.45) is 2.06. The number of benzene rings is 2. The average Bonchev–Trinajstić information content (AvgIpc) is 2.87. The van der Waals surface area contributed by atoms with E-state index in [0.717, 1.165) is 42.7 Å². The second kappa shape index (κ2) is 16.8. The third-order valence-corrected chi connectivity index (χ3v) is 6.42. The minimum Gasteiger partial charge on any atom is -0.492 e. The van der Waals surface area contributed by atoms with Crippen molar-refractivity contribution in [2.24, 2.45) is 0 Å². The van der Waals surface area contributed by atoms with Gasteiger partial charge in [-0.1, -0.05) is 31.9 Å². The van der Waals surface area contributed by atoms with Gasteiger partial charge in [0.1, 0.15) is 18.1 Å². The van der Waals surface area contributed by atoms with E-state index in [0.29, 0.717) is 24.7 Å². The van der Waals surface area contributed by atoms with Crippen molar-refractivity contribution in [3.05, 3.63) is 59.7 Å². The lowest BCUT2D eigenvalue weighted by atomic mass is 10.1. The molecule has 0 radical (unpaired) electrons. The number of halogens is 2. The highest BCUT2D eigenvalue weighted by Gasteiger charge is 2.19. The molecule has 2 aromatic carbocycles. The van der Waals surface area contributed by atoms with E-state index in [4.69, 9.17) is 14.2 Å². The van der Waals surface area contributed by atoms with Crippen LogP contribution in [0.25, 0.3) is 0 Å². The Bertz CT molecular complexity index is 976. The Kier molecular flexibility index (Phi) is 13.8. The molecule has 10 heteroatoms. The summed E-state index contributed by atoms with van der Waals surface area (Å²) in [4.78, 5) is 25.5. The Morgan fingerprint density at radius 3 is 2.35 bits per heavy atom. The molecule has 0 spiro atoms. The molecule has 0 saturated heterocycles. The molecular weight excluding hydrogens is 504 g/mol. The topological polar surface area (TPSA) is 85.3 Å². The van der Waals surface area contributed by atoms with Crippen LogP contribution in [0.5, 0.6) is 11.5 Å². The molecule has 204 valence electrons. The van der Waals surface area contributed by atoms with Gasteiger partial charge in [-0.15, -0.1) is 0 Å². The number of unbranched alkanes of at least 4 members (excludes halogenated alkanes) is 2. The van der Waals surface area contributed by atoms with Crippen molar-refractivity contribution in [2.45, 2.75) is 45.6 Å². The van der Waals surface area contributed by atoms with Crippen LogP contribution in [0.3, 0.4) is 0 Å². The van der Waals surface area contributed by atoms with Crippen molar-refractivity contribution in [1.29, 1.82) is 0 Å². The summed E-state index contributed by atoms with van der Waals surface area (Å²) in [5, 5.41) is 9.24. The number of aliphatic carboxylic acids is 1. The van der Waals surface area contributed by atoms with Crippen molar-refractivity contribution in [1.82, 2.24) is 4.90 Å². The molecule has 0 aliphatic rings. The number of amides is 1. The normalized spacial score (nSPS) is 11.7. The number of carbonyl (C=O) groups is 2. The maximum atomic E-state index is 13.5. The van der Waals surface area contributed by atoms with Crippen molar-refractivity contribution in [3.63, 3.8) is 0 Å². The largest absolute Gasteiger partial charge is 0.492 e. The number of carbonyl (C=O) groups excluding carboxylic acids is 1. The van der Waals surface area contributed by atoms with Crippen molar-refractivity contribution < 1.29 is 37.7 Å². The van der Waals surface area contributed by atoms with Gasteiger partial charge >= 0.3 is 12.1 Å². The van der Waals surface area contributed by atoms with Crippen LogP contribution in [0.1, 0.15) is 38.7 Å². The van der Waals surface area contributed by atoms with Crippen molar-refractivity contribution in [2.75, 3.05) is 37.8 Å². The van der Waals surface area contributed by atoms with E-state index in [9.17, 15) is 23.5 Å². The molecule has 7 nitrogen and oxygen atoms in total. The van der Waals surface area contributed by atoms with E-state index in [2.05, 4.69) is 6.92 Å². The lowest BCUT2D eigenvalue weighted by Crippen LogP contribution is -2.38. The van der Waals surface area contributed by atoms with Gasteiger partial charge in [0.05, 0.1) is 6.54 Å². The van der Waals surface area contributed by atoms with Crippen LogP contribution in [0.2, 0.25) is 0 Å². The SMILES string of the molecule is CCCCCSCCN(CCOc1ccc(CC(OCC)C(=O)O)cc1)C(=O)Oc1ccc(F)c(F)c1. The van der Waals surface area contributed by atoms with E-state index < -0.39 is 29.8 Å². The summed E-state index contributed by atoms with van der Waals surface area (Å²) in [7, 11) is 0.